The summed E-state index contributed by atoms with van der Waals surface area (Å²) in [6.07, 6.45) is 6.49. The first kappa shape index (κ1) is 15.5. The molecule has 1 aliphatic heterocycles. The molecule has 0 unspecified atom stereocenters. The van der Waals surface area contributed by atoms with Crippen molar-refractivity contribution in [3.63, 3.8) is 0 Å². The van der Waals surface area contributed by atoms with Gasteiger partial charge in [-0.1, -0.05) is 6.42 Å². The van der Waals surface area contributed by atoms with E-state index in [-0.39, 0.29) is 25.0 Å². The number of hydrogen-bond acceptors (Lipinski definition) is 5. The summed E-state index contributed by atoms with van der Waals surface area (Å²) in [4.78, 5) is 22.4. The van der Waals surface area contributed by atoms with Gasteiger partial charge < -0.3 is 14.8 Å². The number of nitro groups is 1. The minimum atomic E-state index is -0.469. The van der Waals surface area contributed by atoms with Crippen molar-refractivity contribution in [2.24, 2.45) is 5.92 Å². The van der Waals surface area contributed by atoms with Gasteiger partial charge in [0.1, 0.15) is 5.75 Å². The number of benzene rings is 1. The SMILES string of the molecule is O=C(/C=C\c1cc([N+](=O)[O-])cc2c1OCOC2)NCC1CCC1. The average molecular weight is 318 g/mol. The first-order valence-electron chi connectivity index (χ1n) is 7.61. The maximum absolute atomic E-state index is 11.9. The van der Waals surface area contributed by atoms with E-state index >= 15 is 0 Å². The Morgan fingerprint density at radius 1 is 1.43 bits per heavy atom. The van der Waals surface area contributed by atoms with E-state index in [1.54, 1.807) is 6.08 Å². The second-order valence-electron chi connectivity index (χ2n) is 5.77. The number of nitro benzene ring substituents is 1. The van der Waals surface area contributed by atoms with Crippen LogP contribution in [0.5, 0.6) is 5.75 Å². The van der Waals surface area contributed by atoms with Gasteiger partial charge in [0, 0.05) is 35.9 Å². The average Bonchev–Trinajstić information content (AvgIpc) is 2.50. The van der Waals surface area contributed by atoms with E-state index in [0.29, 0.717) is 29.3 Å². The van der Waals surface area contributed by atoms with Gasteiger partial charge in [0.05, 0.1) is 11.5 Å². The van der Waals surface area contributed by atoms with Crippen LogP contribution in [0.25, 0.3) is 6.08 Å². The molecule has 1 heterocycles. The quantitative estimate of drug-likeness (QED) is 0.511. The maximum Gasteiger partial charge on any atom is 0.270 e. The van der Waals surface area contributed by atoms with E-state index in [1.165, 1.54) is 24.6 Å². The minimum Gasteiger partial charge on any atom is -0.467 e. The van der Waals surface area contributed by atoms with Crippen LogP contribution in [0.1, 0.15) is 30.4 Å². The van der Waals surface area contributed by atoms with Crippen molar-refractivity contribution in [3.05, 3.63) is 39.4 Å². The van der Waals surface area contributed by atoms with Crippen molar-refractivity contribution in [2.75, 3.05) is 13.3 Å². The highest BCUT2D eigenvalue weighted by atomic mass is 16.7. The van der Waals surface area contributed by atoms with Gasteiger partial charge in [0.2, 0.25) is 5.91 Å². The molecule has 2 aliphatic rings. The molecular formula is C16H18N2O5. The second kappa shape index (κ2) is 6.78. The van der Waals surface area contributed by atoms with Crippen molar-refractivity contribution in [1.29, 1.82) is 0 Å². The van der Waals surface area contributed by atoms with Crippen LogP contribution in [-0.4, -0.2) is 24.2 Å². The zero-order valence-corrected chi connectivity index (χ0v) is 12.6. The molecule has 0 atom stereocenters. The molecule has 1 aliphatic carbocycles. The first-order chi connectivity index (χ1) is 11.1. The van der Waals surface area contributed by atoms with Crippen LogP contribution in [0.3, 0.4) is 0 Å². The summed E-state index contributed by atoms with van der Waals surface area (Å²) < 4.78 is 10.6. The highest BCUT2D eigenvalue weighted by Gasteiger charge is 2.20. The first-order valence-corrected chi connectivity index (χ1v) is 7.61. The third kappa shape index (κ3) is 3.68. The Labute approximate surface area is 133 Å². The van der Waals surface area contributed by atoms with Crippen molar-refractivity contribution in [1.82, 2.24) is 5.32 Å². The number of carbonyl (C=O) groups is 1. The fourth-order valence-electron chi connectivity index (χ4n) is 2.63. The lowest BCUT2D eigenvalue weighted by Crippen LogP contribution is -2.30. The van der Waals surface area contributed by atoms with Gasteiger partial charge >= 0.3 is 0 Å². The molecule has 0 bridgehead atoms. The Morgan fingerprint density at radius 2 is 2.26 bits per heavy atom. The van der Waals surface area contributed by atoms with E-state index in [4.69, 9.17) is 9.47 Å². The highest BCUT2D eigenvalue weighted by molar-refractivity contribution is 5.92. The van der Waals surface area contributed by atoms with Gasteiger partial charge in [-0.3, -0.25) is 14.9 Å². The van der Waals surface area contributed by atoms with Crippen molar-refractivity contribution >= 4 is 17.7 Å². The lowest BCUT2D eigenvalue weighted by molar-refractivity contribution is -0.385. The molecule has 0 aromatic heterocycles. The van der Waals surface area contributed by atoms with Crippen LogP contribution in [0, 0.1) is 16.0 Å². The number of rotatable bonds is 5. The predicted molar refractivity (Wildman–Crippen MR) is 82.8 cm³/mol. The lowest BCUT2D eigenvalue weighted by Gasteiger charge is -2.25. The molecule has 122 valence electrons. The Morgan fingerprint density at radius 3 is 2.96 bits per heavy atom. The van der Waals surface area contributed by atoms with Crippen LogP contribution in [0.4, 0.5) is 5.69 Å². The van der Waals surface area contributed by atoms with Crippen LogP contribution in [0.2, 0.25) is 0 Å². The molecule has 1 amide bonds. The fourth-order valence-corrected chi connectivity index (χ4v) is 2.63. The molecule has 7 nitrogen and oxygen atoms in total. The molecular weight excluding hydrogens is 300 g/mol. The number of ether oxygens (including phenoxy) is 2. The van der Waals surface area contributed by atoms with Gasteiger partial charge in [-0.25, -0.2) is 0 Å². The van der Waals surface area contributed by atoms with Crippen LogP contribution in [-0.2, 0) is 16.1 Å². The summed E-state index contributed by atoms with van der Waals surface area (Å²) >= 11 is 0. The van der Waals surface area contributed by atoms with Gasteiger partial charge in [-0.15, -0.1) is 0 Å². The third-order valence-corrected chi connectivity index (χ3v) is 4.14. The van der Waals surface area contributed by atoms with Crippen molar-refractivity contribution in [2.45, 2.75) is 25.9 Å². The molecule has 1 N–H and O–H groups in total. The number of amides is 1. The van der Waals surface area contributed by atoms with Gasteiger partial charge in [0.15, 0.2) is 6.79 Å². The van der Waals surface area contributed by atoms with Gasteiger partial charge in [0.25, 0.3) is 5.69 Å². The van der Waals surface area contributed by atoms with E-state index in [9.17, 15) is 14.9 Å². The fraction of sp³-hybridized carbons (Fsp3) is 0.438. The largest absolute Gasteiger partial charge is 0.467 e. The molecule has 1 fully saturated rings. The second-order valence-corrected chi connectivity index (χ2v) is 5.77. The molecule has 3 rings (SSSR count). The molecule has 0 spiro atoms. The Balaban J connectivity index is 1.74. The van der Waals surface area contributed by atoms with E-state index < -0.39 is 4.92 Å². The molecule has 23 heavy (non-hydrogen) atoms. The Bertz CT molecular complexity index is 652. The summed E-state index contributed by atoms with van der Waals surface area (Å²) in [6, 6.07) is 2.84. The number of nitrogens with zero attached hydrogens (tertiary/aromatic N) is 1. The number of nitrogens with one attached hydrogen (secondary N) is 1. The summed E-state index contributed by atoms with van der Waals surface area (Å²) in [7, 11) is 0. The summed E-state index contributed by atoms with van der Waals surface area (Å²) in [5.74, 6) is 0.910. The smallest absolute Gasteiger partial charge is 0.270 e. The van der Waals surface area contributed by atoms with Crippen LogP contribution < -0.4 is 10.1 Å². The van der Waals surface area contributed by atoms with Gasteiger partial charge in [-0.05, 0) is 24.8 Å². The molecule has 7 heteroatoms. The standard InChI is InChI=1S/C16H18N2O5/c19-15(17-8-11-2-1-3-11)5-4-12-6-14(18(20)21)7-13-9-22-10-23-16(12)13/h4-7,11H,1-3,8-10H2,(H,17,19)/b5-4-. The zero-order valence-electron chi connectivity index (χ0n) is 12.6. The maximum atomic E-state index is 11.9. The summed E-state index contributed by atoms with van der Waals surface area (Å²) in [6.45, 7) is 1.03. The van der Waals surface area contributed by atoms with Crippen molar-refractivity contribution < 1.29 is 19.2 Å². The molecule has 1 aromatic rings. The van der Waals surface area contributed by atoms with Crippen LogP contribution in [0.15, 0.2) is 18.2 Å². The summed E-state index contributed by atoms with van der Waals surface area (Å²) in [5, 5.41) is 13.9. The van der Waals surface area contributed by atoms with Gasteiger partial charge in [-0.2, -0.15) is 0 Å². The number of fused-ring (bicyclic) bond motifs is 1. The molecule has 1 saturated carbocycles. The Hall–Kier alpha value is -2.41. The molecule has 1 aromatic carbocycles. The topological polar surface area (TPSA) is 90.7 Å². The number of hydrogen-bond donors (Lipinski definition) is 1. The van der Waals surface area contributed by atoms with E-state index in [1.807, 2.05) is 0 Å². The zero-order chi connectivity index (χ0) is 16.2. The third-order valence-electron chi connectivity index (χ3n) is 4.14. The van der Waals surface area contributed by atoms with Crippen molar-refractivity contribution in [3.8, 4) is 5.75 Å². The number of carbonyl (C=O) groups excluding carboxylic acids is 1. The molecule has 0 saturated heterocycles. The van der Waals surface area contributed by atoms with E-state index in [2.05, 4.69) is 5.32 Å². The minimum absolute atomic E-state index is 0.0487. The predicted octanol–water partition coefficient (Wildman–Crippen LogP) is 2.39. The molecule has 0 radical (unpaired) electrons. The van der Waals surface area contributed by atoms with E-state index in [0.717, 1.165) is 12.8 Å². The lowest BCUT2D eigenvalue weighted by atomic mass is 9.85. The Kier molecular flexibility index (Phi) is 4.57. The monoisotopic (exact) mass is 318 g/mol. The summed E-state index contributed by atoms with van der Waals surface area (Å²) in [5.41, 5.74) is 1.07. The normalized spacial score (nSPS) is 17.2. The highest BCUT2D eigenvalue weighted by Crippen LogP contribution is 2.33. The van der Waals surface area contributed by atoms with Crippen LogP contribution >= 0.6 is 0 Å². The number of non-ortho nitro benzene ring substituents is 1.